The van der Waals surface area contributed by atoms with Crippen LogP contribution in [0.25, 0.3) is 0 Å². The average Bonchev–Trinajstić information content (AvgIpc) is 2.94. The number of nitrogens with zero attached hydrogens (tertiary/aromatic N) is 1. The molecule has 0 spiro atoms. The molecule has 0 fully saturated rings. The molecule has 104 valence electrons. The van der Waals surface area contributed by atoms with E-state index in [1.54, 1.807) is 24.7 Å². The van der Waals surface area contributed by atoms with Gasteiger partial charge in [-0.25, -0.2) is 18.1 Å². The first-order chi connectivity index (χ1) is 8.95. The van der Waals surface area contributed by atoms with Crippen molar-refractivity contribution in [2.24, 2.45) is 0 Å². The fraction of sp³-hybridized carbons (Fsp3) is 0.364. The Morgan fingerprint density at radius 3 is 2.74 bits per heavy atom. The summed E-state index contributed by atoms with van der Waals surface area (Å²) in [5, 5.41) is 11.0. The Morgan fingerprint density at radius 1 is 1.42 bits per heavy atom. The Bertz CT molecular complexity index is 659. The van der Waals surface area contributed by atoms with E-state index in [0.29, 0.717) is 17.0 Å². The highest BCUT2D eigenvalue weighted by atomic mass is 32.2. The van der Waals surface area contributed by atoms with Crippen molar-refractivity contribution in [2.75, 3.05) is 0 Å². The monoisotopic (exact) mass is 302 g/mol. The summed E-state index contributed by atoms with van der Waals surface area (Å²) >= 11 is 1.40. The van der Waals surface area contributed by atoms with E-state index in [1.807, 2.05) is 0 Å². The Labute approximate surface area is 115 Å². The zero-order valence-corrected chi connectivity index (χ0v) is 12.1. The van der Waals surface area contributed by atoms with Crippen LogP contribution in [0.2, 0.25) is 0 Å². The molecule has 0 aliphatic heterocycles. The van der Waals surface area contributed by atoms with E-state index in [9.17, 15) is 13.5 Å². The van der Waals surface area contributed by atoms with Gasteiger partial charge in [0, 0.05) is 10.9 Å². The normalized spacial score (nSPS) is 11.9. The third-order valence-corrected chi connectivity index (χ3v) is 4.91. The molecular formula is C11H14N2O4S2. The average molecular weight is 302 g/mol. The highest BCUT2D eigenvalue weighted by molar-refractivity contribution is 7.89. The molecule has 0 saturated carbocycles. The number of thiazole rings is 1. The molecule has 0 atom stereocenters. The highest BCUT2D eigenvalue weighted by Crippen LogP contribution is 2.26. The van der Waals surface area contributed by atoms with Crippen molar-refractivity contribution in [1.82, 2.24) is 9.71 Å². The van der Waals surface area contributed by atoms with Gasteiger partial charge in [-0.05, 0) is 13.8 Å². The molecule has 0 bridgehead atoms. The minimum Gasteiger partial charge on any atom is -0.465 e. The van der Waals surface area contributed by atoms with Gasteiger partial charge in [0.05, 0.1) is 24.4 Å². The molecule has 2 aromatic rings. The lowest BCUT2D eigenvalue weighted by Gasteiger charge is -2.06. The van der Waals surface area contributed by atoms with Crippen LogP contribution in [0.5, 0.6) is 0 Å². The number of sulfonamides is 1. The number of aliphatic hydroxyl groups is 1. The number of aryl methyl sites for hydroxylation is 2. The van der Waals surface area contributed by atoms with Crippen molar-refractivity contribution in [3.8, 4) is 0 Å². The van der Waals surface area contributed by atoms with E-state index in [2.05, 4.69) is 9.71 Å². The third kappa shape index (κ3) is 2.86. The first-order valence-electron chi connectivity index (χ1n) is 5.52. The molecule has 0 amide bonds. The van der Waals surface area contributed by atoms with Crippen molar-refractivity contribution in [3.05, 3.63) is 33.7 Å². The molecule has 2 N–H and O–H groups in total. The van der Waals surface area contributed by atoms with E-state index in [-0.39, 0.29) is 23.8 Å². The summed E-state index contributed by atoms with van der Waals surface area (Å²) in [5.41, 5.74) is 2.58. The highest BCUT2D eigenvalue weighted by Gasteiger charge is 2.26. The maximum atomic E-state index is 12.2. The van der Waals surface area contributed by atoms with Gasteiger partial charge in [-0.2, -0.15) is 0 Å². The molecule has 0 aliphatic rings. The van der Waals surface area contributed by atoms with E-state index in [0.717, 1.165) is 0 Å². The second kappa shape index (κ2) is 5.41. The molecule has 8 heteroatoms. The van der Waals surface area contributed by atoms with Gasteiger partial charge in [0.2, 0.25) is 10.0 Å². The van der Waals surface area contributed by atoms with Crippen LogP contribution in [0.1, 0.15) is 22.8 Å². The van der Waals surface area contributed by atoms with Gasteiger partial charge in [0.25, 0.3) is 0 Å². The summed E-state index contributed by atoms with van der Waals surface area (Å²) in [7, 11) is -3.73. The zero-order valence-electron chi connectivity index (χ0n) is 10.5. The fourth-order valence-electron chi connectivity index (χ4n) is 1.81. The van der Waals surface area contributed by atoms with Crippen LogP contribution >= 0.6 is 11.3 Å². The standard InChI is InChI=1S/C11H14N2O4S2/c1-7-10(4-14)11(8(2)17-7)19(15,16)13-3-9-5-18-6-12-9/h5-6,13-14H,3-4H2,1-2H3. The van der Waals surface area contributed by atoms with E-state index >= 15 is 0 Å². The summed E-state index contributed by atoms with van der Waals surface area (Å²) in [6, 6.07) is 0. The number of hydrogen-bond donors (Lipinski definition) is 2. The van der Waals surface area contributed by atoms with Crippen LogP contribution < -0.4 is 4.72 Å². The lowest BCUT2D eigenvalue weighted by atomic mass is 10.2. The maximum Gasteiger partial charge on any atom is 0.244 e. The molecular weight excluding hydrogens is 288 g/mol. The van der Waals surface area contributed by atoms with Gasteiger partial charge in [0.1, 0.15) is 16.4 Å². The third-order valence-electron chi connectivity index (χ3n) is 2.68. The van der Waals surface area contributed by atoms with Gasteiger partial charge in [0.15, 0.2) is 0 Å². The summed E-state index contributed by atoms with van der Waals surface area (Å²) in [4.78, 5) is 4.02. The van der Waals surface area contributed by atoms with E-state index < -0.39 is 10.0 Å². The largest absolute Gasteiger partial charge is 0.465 e. The summed E-state index contributed by atoms with van der Waals surface area (Å²) in [5.74, 6) is 0.682. The van der Waals surface area contributed by atoms with E-state index in [4.69, 9.17) is 4.42 Å². The van der Waals surface area contributed by atoms with Gasteiger partial charge in [-0.3, -0.25) is 0 Å². The molecule has 0 radical (unpaired) electrons. The van der Waals surface area contributed by atoms with Crippen LogP contribution in [0.15, 0.2) is 20.2 Å². The number of aromatic nitrogens is 1. The van der Waals surface area contributed by atoms with Crippen molar-refractivity contribution in [2.45, 2.75) is 31.9 Å². The van der Waals surface area contributed by atoms with Gasteiger partial charge >= 0.3 is 0 Å². The Hall–Kier alpha value is -1.22. The predicted octanol–water partition coefficient (Wildman–Crippen LogP) is 1.32. The minimum atomic E-state index is -3.73. The van der Waals surface area contributed by atoms with Crippen LogP contribution in [0.4, 0.5) is 0 Å². The Balaban J connectivity index is 2.29. The minimum absolute atomic E-state index is 0.0164. The predicted molar refractivity (Wildman–Crippen MR) is 70.2 cm³/mol. The lowest BCUT2D eigenvalue weighted by Crippen LogP contribution is -2.24. The van der Waals surface area contributed by atoms with Crippen LogP contribution in [0, 0.1) is 13.8 Å². The number of hydrogen-bond acceptors (Lipinski definition) is 6. The molecule has 19 heavy (non-hydrogen) atoms. The van der Waals surface area contributed by atoms with Gasteiger partial charge in [-0.1, -0.05) is 0 Å². The van der Waals surface area contributed by atoms with Gasteiger partial charge in [-0.15, -0.1) is 11.3 Å². The molecule has 0 unspecified atom stereocenters. The molecule has 0 aromatic carbocycles. The fourth-order valence-corrected chi connectivity index (χ4v) is 3.80. The summed E-state index contributed by atoms with van der Waals surface area (Å²) in [6.07, 6.45) is 0. The molecule has 0 aliphatic carbocycles. The Kier molecular flexibility index (Phi) is 4.04. The van der Waals surface area contributed by atoms with Crippen molar-refractivity contribution in [1.29, 1.82) is 0 Å². The summed E-state index contributed by atoms with van der Waals surface area (Å²) in [6.45, 7) is 2.91. The topological polar surface area (TPSA) is 92.4 Å². The number of rotatable bonds is 5. The van der Waals surface area contributed by atoms with Crippen molar-refractivity contribution < 1.29 is 17.9 Å². The number of aliphatic hydroxyl groups excluding tert-OH is 1. The van der Waals surface area contributed by atoms with E-state index in [1.165, 1.54) is 11.3 Å². The smallest absolute Gasteiger partial charge is 0.244 e. The van der Waals surface area contributed by atoms with Crippen molar-refractivity contribution in [3.63, 3.8) is 0 Å². The SMILES string of the molecule is Cc1oc(C)c(S(=O)(=O)NCc2cscn2)c1CO. The molecule has 0 saturated heterocycles. The van der Waals surface area contributed by atoms with Gasteiger partial charge < -0.3 is 9.52 Å². The summed E-state index contributed by atoms with van der Waals surface area (Å²) < 4.78 is 32.2. The molecule has 2 heterocycles. The zero-order chi connectivity index (χ0) is 14.0. The van der Waals surface area contributed by atoms with Crippen LogP contribution in [-0.4, -0.2) is 18.5 Å². The second-order valence-electron chi connectivity index (χ2n) is 3.98. The van der Waals surface area contributed by atoms with Crippen LogP contribution in [-0.2, 0) is 23.2 Å². The number of nitrogens with one attached hydrogen (secondary N) is 1. The maximum absolute atomic E-state index is 12.2. The second-order valence-corrected chi connectivity index (χ2v) is 6.41. The molecule has 2 rings (SSSR count). The molecule has 2 aromatic heterocycles. The van der Waals surface area contributed by atoms with Crippen molar-refractivity contribution >= 4 is 21.4 Å². The molecule has 6 nitrogen and oxygen atoms in total. The lowest BCUT2D eigenvalue weighted by molar-refractivity contribution is 0.276. The quantitative estimate of drug-likeness (QED) is 0.869. The first-order valence-corrected chi connectivity index (χ1v) is 7.94. The number of furan rings is 1. The first kappa shape index (κ1) is 14.2. The Morgan fingerprint density at radius 2 is 2.16 bits per heavy atom. The van der Waals surface area contributed by atoms with Crippen LogP contribution in [0.3, 0.4) is 0 Å².